The Bertz CT molecular complexity index is 542. The molecule has 2 N–H and O–H groups in total. The summed E-state index contributed by atoms with van der Waals surface area (Å²) < 4.78 is 11.0. The monoisotopic (exact) mass is 281 g/mol. The summed E-state index contributed by atoms with van der Waals surface area (Å²) >= 11 is 1.45. The number of anilines is 1. The topological polar surface area (TPSA) is 74.2 Å². The van der Waals surface area contributed by atoms with Crippen molar-refractivity contribution in [2.24, 2.45) is 5.41 Å². The Hall–Kier alpha value is -1.40. The number of nitrogens with zero attached hydrogens (tertiary/aromatic N) is 2. The van der Waals surface area contributed by atoms with Crippen molar-refractivity contribution in [3.8, 4) is 11.5 Å². The van der Waals surface area contributed by atoms with E-state index in [-0.39, 0.29) is 11.5 Å². The Morgan fingerprint density at radius 3 is 2.74 bits per heavy atom. The van der Waals surface area contributed by atoms with E-state index >= 15 is 0 Å². The Labute approximate surface area is 116 Å². The summed E-state index contributed by atoms with van der Waals surface area (Å²) in [4.78, 5) is 4.42. The zero-order valence-corrected chi connectivity index (χ0v) is 12.5. The fourth-order valence-electron chi connectivity index (χ4n) is 1.83. The molecule has 0 bridgehead atoms. The highest BCUT2D eigenvalue weighted by Crippen LogP contribution is 2.36. The zero-order valence-electron chi connectivity index (χ0n) is 11.6. The van der Waals surface area contributed by atoms with Crippen molar-refractivity contribution in [1.29, 1.82) is 0 Å². The van der Waals surface area contributed by atoms with Crippen LogP contribution in [0.25, 0.3) is 11.5 Å². The molecule has 0 fully saturated rings. The van der Waals surface area contributed by atoms with Crippen LogP contribution in [0.3, 0.4) is 0 Å². The summed E-state index contributed by atoms with van der Waals surface area (Å²) in [6, 6.07) is 1.88. The van der Waals surface area contributed by atoms with Crippen molar-refractivity contribution in [1.82, 2.24) is 10.1 Å². The second-order valence-electron chi connectivity index (χ2n) is 5.36. The molecule has 0 radical (unpaired) electrons. The minimum absolute atomic E-state index is 0.0999. The third kappa shape index (κ3) is 2.96. The minimum Gasteiger partial charge on any atom is -0.390 e. The minimum atomic E-state index is -0.199. The molecule has 2 aromatic heterocycles. The molecule has 0 spiro atoms. The molecule has 0 amide bonds. The predicted octanol–water partition coefficient (Wildman–Crippen LogP) is 3.50. The third-order valence-electron chi connectivity index (χ3n) is 2.72. The van der Waals surface area contributed by atoms with Crippen molar-refractivity contribution < 1.29 is 9.26 Å². The van der Waals surface area contributed by atoms with E-state index in [1.165, 1.54) is 11.3 Å². The molecule has 0 aromatic carbocycles. The Morgan fingerprint density at radius 2 is 2.21 bits per heavy atom. The predicted molar refractivity (Wildman–Crippen MR) is 75.8 cm³/mol. The summed E-state index contributed by atoms with van der Waals surface area (Å²) in [6.07, 6.45) is -0.199. The highest BCUT2D eigenvalue weighted by Gasteiger charge is 2.31. The average molecular weight is 281 g/mol. The van der Waals surface area contributed by atoms with Crippen LogP contribution in [0.15, 0.2) is 16.0 Å². The van der Waals surface area contributed by atoms with Crippen molar-refractivity contribution in [2.45, 2.75) is 33.8 Å². The second-order valence-corrected chi connectivity index (χ2v) is 6.31. The van der Waals surface area contributed by atoms with Gasteiger partial charge in [-0.2, -0.15) is 4.98 Å². The number of nitrogen functional groups attached to an aromatic ring is 1. The smallest absolute Gasteiger partial charge is 0.261 e. The van der Waals surface area contributed by atoms with Crippen LogP contribution in [0.4, 0.5) is 5.00 Å². The first kappa shape index (κ1) is 14.0. The van der Waals surface area contributed by atoms with E-state index in [1.807, 2.05) is 18.4 Å². The van der Waals surface area contributed by atoms with E-state index in [1.54, 1.807) is 0 Å². The molecule has 2 aromatic rings. The van der Waals surface area contributed by atoms with Gasteiger partial charge in [0.1, 0.15) is 6.10 Å². The fourth-order valence-corrected chi connectivity index (χ4v) is 2.46. The lowest BCUT2D eigenvalue weighted by atomic mass is 9.88. The number of hydrogen-bond acceptors (Lipinski definition) is 6. The van der Waals surface area contributed by atoms with Crippen LogP contribution >= 0.6 is 11.3 Å². The molecule has 6 heteroatoms. The average Bonchev–Trinajstić information content (AvgIpc) is 2.92. The van der Waals surface area contributed by atoms with Crippen molar-refractivity contribution >= 4 is 16.3 Å². The van der Waals surface area contributed by atoms with Crippen LogP contribution in [0.2, 0.25) is 0 Å². The highest BCUT2D eigenvalue weighted by molar-refractivity contribution is 7.14. The maximum Gasteiger partial charge on any atom is 0.261 e. The van der Waals surface area contributed by atoms with E-state index < -0.39 is 0 Å². The molecule has 0 saturated carbocycles. The van der Waals surface area contributed by atoms with Gasteiger partial charge in [0.15, 0.2) is 0 Å². The van der Waals surface area contributed by atoms with Gasteiger partial charge in [-0.1, -0.05) is 25.9 Å². The van der Waals surface area contributed by atoms with E-state index in [9.17, 15) is 0 Å². The first-order valence-corrected chi connectivity index (χ1v) is 7.10. The van der Waals surface area contributed by atoms with Gasteiger partial charge in [-0.05, 0) is 23.8 Å². The Morgan fingerprint density at radius 1 is 1.47 bits per heavy atom. The number of ether oxygens (including phenoxy) is 1. The summed E-state index contributed by atoms with van der Waals surface area (Å²) in [5, 5.41) is 6.62. The van der Waals surface area contributed by atoms with Gasteiger partial charge in [0, 0.05) is 6.61 Å². The lowest BCUT2D eigenvalue weighted by molar-refractivity contribution is -0.0203. The van der Waals surface area contributed by atoms with Gasteiger partial charge < -0.3 is 15.0 Å². The summed E-state index contributed by atoms with van der Waals surface area (Å²) in [5.41, 5.74) is 6.55. The first-order valence-electron chi connectivity index (χ1n) is 6.22. The molecule has 104 valence electrons. The van der Waals surface area contributed by atoms with Gasteiger partial charge in [0.05, 0.1) is 10.6 Å². The number of thiophene rings is 1. The van der Waals surface area contributed by atoms with Crippen LogP contribution < -0.4 is 5.73 Å². The number of hydrogen-bond donors (Lipinski definition) is 1. The third-order valence-corrected chi connectivity index (χ3v) is 3.47. The van der Waals surface area contributed by atoms with Crippen LogP contribution in [0, 0.1) is 5.41 Å². The van der Waals surface area contributed by atoms with Crippen molar-refractivity contribution in [3.05, 3.63) is 17.3 Å². The van der Waals surface area contributed by atoms with Gasteiger partial charge >= 0.3 is 0 Å². The first-order chi connectivity index (χ1) is 8.93. The van der Waals surface area contributed by atoms with E-state index in [2.05, 4.69) is 30.9 Å². The van der Waals surface area contributed by atoms with E-state index in [0.29, 0.717) is 23.3 Å². The van der Waals surface area contributed by atoms with Crippen LogP contribution in [-0.2, 0) is 4.74 Å². The molecule has 0 aliphatic rings. The molecule has 1 unspecified atom stereocenters. The maximum absolute atomic E-state index is 5.86. The van der Waals surface area contributed by atoms with Gasteiger partial charge in [-0.15, -0.1) is 11.3 Å². The normalized spacial score (nSPS) is 13.7. The molecule has 5 nitrogen and oxygen atoms in total. The molecule has 2 rings (SSSR count). The Kier molecular flexibility index (Phi) is 3.91. The van der Waals surface area contributed by atoms with Crippen LogP contribution in [0.5, 0.6) is 0 Å². The number of aromatic nitrogens is 2. The SMILES string of the molecule is CCOC(c1noc(-c2ccsc2N)n1)C(C)(C)C. The number of nitrogens with two attached hydrogens (primary N) is 1. The molecule has 1 atom stereocenters. The molecule has 19 heavy (non-hydrogen) atoms. The van der Waals surface area contributed by atoms with E-state index in [0.717, 1.165) is 5.56 Å². The second kappa shape index (κ2) is 5.30. The van der Waals surface area contributed by atoms with Gasteiger partial charge in [0.2, 0.25) is 5.82 Å². The van der Waals surface area contributed by atoms with Crippen LogP contribution in [0.1, 0.15) is 39.6 Å². The van der Waals surface area contributed by atoms with E-state index in [4.69, 9.17) is 15.0 Å². The van der Waals surface area contributed by atoms with Crippen LogP contribution in [-0.4, -0.2) is 16.7 Å². The largest absolute Gasteiger partial charge is 0.390 e. The summed E-state index contributed by atoms with van der Waals surface area (Å²) in [5.74, 6) is 1.01. The zero-order chi connectivity index (χ0) is 14.0. The van der Waals surface area contributed by atoms with Gasteiger partial charge in [-0.25, -0.2) is 0 Å². The summed E-state index contributed by atoms with van der Waals surface area (Å²) in [6.45, 7) is 8.82. The molecular formula is C13H19N3O2S. The van der Waals surface area contributed by atoms with Crippen molar-refractivity contribution in [3.63, 3.8) is 0 Å². The maximum atomic E-state index is 5.86. The number of rotatable bonds is 4. The lowest BCUT2D eigenvalue weighted by Crippen LogP contribution is -2.22. The quantitative estimate of drug-likeness (QED) is 0.928. The molecule has 0 aliphatic heterocycles. The molecule has 0 saturated heterocycles. The molecular weight excluding hydrogens is 262 g/mol. The van der Waals surface area contributed by atoms with Gasteiger partial charge in [-0.3, -0.25) is 0 Å². The highest BCUT2D eigenvalue weighted by atomic mass is 32.1. The fraction of sp³-hybridized carbons (Fsp3) is 0.538. The molecule has 2 heterocycles. The summed E-state index contributed by atoms with van der Waals surface area (Å²) in [7, 11) is 0. The van der Waals surface area contributed by atoms with Gasteiger partial charge in [0.25, 0.3) is 5.89 Å². The standard InChI is InChI=1S/C13H19N3O2S/c1-5-17-9(13(2,3)4)11-15-12(18-16-11)8-6-7-19-10(8)14/h6-7,9H,5,14H2,1-4H3. The lowest BCUT2D eigenvalue weighted by Gasteiger charge is -2.27. The van der Waals surface area contributed by atoms with Crippen molar-refractivity contribution in [2.75, 3.05) is 12.3 Å². The Balaban J connectivity index is 2.32. The molecule has 0 aliphatic carbocycles.